The predicted octanol–water partition coefficient (Wildman–Crippen LogP) is 4.44. The monoisotopic (exact) mass is 328 g/mol. The number of carbonyl (C=O) groups is 2. The van der Waals surface area contributed by atoms with E-state index in [1.54, 1.807) is 19.9 Å². The van der Waals surface area contributed by atoms with Gasteiger partial charge in [0.1, 0.15) is 0 Å². The summed E-state index contributed by atoms with van der Waals surface area (Å²) in [6, 6.07) is 9.30. The summed E-state index contributed by atoms with van der Waals surface area (Å²) in [5, 5.41) is 0. The smallest absolute Gasteiger partial charge is 0.338 e. The van der Waals surface area contributed by atoms with Crippen molar-refractivity contribution in [3.63, 3.8) is 0 Å². The first-order chi connectivity index (χ1) is 11.3. The van der Waals surface area contributed by atoms with Gasteiger partial charge in [0.25, 0.3) is 0 Å². The largest absolute Gasteiger partial charge is 0.462 e. The Morgan fingerprint density at radius 3 is 1.58 bits per heavy atom. The van der Waals surface area contributed by atoms with Crippen LogP contribution in [0.1, 0.15) is 60.9 Å². The first-order valence-corrected chi connectivity index (χ1v) is 8.21. The van der Waals surface area contributed by atoms with Gasteiger partial charge in [0.05, 0.1) is 24.3 Å². The fourth-order valence-electron chi connectivity index (χ4n) is 2.61. The molecule has 0 unspecified atom stereocenters. The van der Waals surface area contributed by atoms with Gasteiger partial charge < -0.3 is 9.47 Å². The second kappa shape index (κ2) is 7.04. The van der Waals surface area contributed by atoms with Crippen LogP contribution in [-0.4, -0.2) is 25.2 Å². The molecule has 0 aliphatic heterocycles. The van der Waals surface area contributed by atoms with Gasteiger partial charge in [0.15, 0.2) is 0 Å². The fraction of sp³-hybridized carbons (Fsp3) is 0.400. The van der Waals surface area contributed by atoms with Crippen molar-refractivity contribution in [2.24, 2.45) is 0 Å². The first-order valence-electron chi connectivity index (χ1n) is 8.21. The molecule has 24 heavy (non-hydrogen) atoms. The first kappa shape index (κ1) is 18.0. The maximum atomic E-state index is 12.3. The quantitative estimate of drug-likeness (QED) is 0.779. The Hall–Kier alpha value is -2.36. The van der Waals surface area contributed by atoms with E-state index in [1.807, 2.05) is 24.3 Å². The number of rotatable bonds is 4. The molecule has 128 valence electrons. The molecular formula is C20H24O4. The van der Waals surface area contributed by atoms with E-state index < -0.39 is 11.9 Å². The van der Waals surface area contributed by atoms with Gasteiger partial charge >= 0.3 is 11.9 Å². The average Bonchev–Trinajstić information content (AvgIpc) is 2.70. The molecule has 0 aromatic heterocycles. The van der Waals surface area contributed by atoms with Crippen molar-refractivity contribution in [2.45, 2.75) is 40.0 Å². The van der Waals surface area contributed by atoms with Crippen LogP contribution in [0.3, 0.4) is 0 Å². The van der Waals surface area contributed by atoms with Crippen LogP contribution in [0.4, 0.5) is 0 Å². The molecule has 0 fully saturated rings. The Labute approximate surface area is 143 Å². The Morgan fingerprint density at radius 1 is 0.833 bits per heavy atom. The lowest BCUT2D eigenvalue weighted by atomic mass is 9.88. The number of hydrogen-bond donors (Lipinski definition) is 0. The Balaban J connectivity index is 2.66. The lowest BCUT2D eigenvalue weighted by Crippen LogP contribution is -2.09. The summed E-state index contributed by atoms with van der Waals surface area (Å²) >= 11 is 0. The van der Waals surface area contributed by atoms with Crippen LogP contribution in [0.15, 0.2) is 30.3 Å². The molecule has 0 radical (unpaired) electrons. The Kier molecular flexibility index (Phi) is 5.27. The van der Waals surface area contributed by atoms with E-state index >= 15 is 0 Å². The SMILES string of the molecule is CCOC(=O)c1cc(C(=O)OCC)c2ccc(C(C)(C)C)ccc1-2. The highest BCUT2D eigenvalue weighted by Gasteiger charge is 2.25. The minimum absolute atomic E-state index is 0.0371. The summed E-state index contributed by atoms with van der Waals surface area (Å²) in [7, 11) is 0. The van der Waals surface area contributed by atoms with Crippen LogP contribution < -0.4 is 0 Å². The maximum absolute atomic E-state index is 12.3. The van der Waals surface area contributed by atoms with Crippen molar-refractivity contribution >= 4 is 11.9 Å². The van der Waals surface area contributed by atoms with Crippen LogP contribution in [-0.2, 0) is 14.9 Å². The minimum atomic E-state index is -0.429. The zero-order valence-electron chi connectivity index (χ0n) is 14.9. The van der Waals surface area contributed by atoms with Crippen LogP contribution in [0.2, 0.25) is 0 Å². The molecule has 0 N–H and O–H groups in total. The topological polar surface area (TPSA) is 52.6 Å². The molecule has 4 nitrogen and oxygen atoms in total. The van der Waals surface area contributed by atoms with Crippen molar-refractivity contribution in [1.29, 1.82) is 0 Å². The molecule has 2 rings (SSSR count). The van der Waals surface area contributed by atoms with E-state index in [0.29, 0.717) is 22.3 Å². The molecule has 0 amide bonds. The molecule has 0 saturated carbocycles. The van der Waals surface area contributed by atoms with E-state index in [0.717, 1.165) is 5.56 Å². The fourth-order valence-corrected chi connectivity index (χ4v) is 2.61. The number of fused-ring (bicyclic) bond motifs is 1. The lowest BCUT2D eigenvalue weighted by Gasteiger charge is -2.17. The third kappa shape index (κ3) is 3.58. The second-order valence-electron chi connectivity index (χ2n) is 6.61. The summed E-state index contributed by atoms with van der Waals surface area (Å²) in [4.78, 5) is 24.5. The molecule has 0 bridgehead atoms. The summed E-state index contributed by atoms with van der Waals surface area (Å²) in [5.74, 6) is -0.858. The Bertz CT molecular complexity index is 672. The van der Waals surface area contributed by atoms with Gasteiger partial charge in [-0.2, -0.15) is 0 Å². The van der Waals surface area contributed by atoms with Gasteiger partial charge in [-0.3, -0.25) is 0 Å². The van der Waals surface area contributed by atoms with Crippen molar-refractivity contribution < 1.29 is 19.1 Å². The molecule has 0 spiro atoms. The van der Waals surface area contributed by atoms with Crippen molar-refractivity contribution in [1.82, 2.24) is 0 Å². The minimum Gasteiger partial charge on any atom is -0.462 e. The van der Waals surface area contributed by atoms with Gasteiger partial charge in [-0.1, -0.05) is 45.0 Å². The van der Waals surface area contributed by atoms with Crippen LogP contribution in [0.25, 0.3) is 11.1 Å². The van der Waals surface area contributed by atoms with Crippen LogP contribution in [0.5, 0.6) is 0 Å². The van der Waals surface area contributed by atoms with Crippen LogP contribution in [0, 0.1) is 0 Å². The van der Waals surface area contributed by atoms with Gasteiger partial charge in [0.2, 0.25) is 0 Å². The van der Waals surface area contributed by atoms with E-state index in [4.69, 9.17) is 9.47 Å². The van der Waals surface area contributed by atoms with Gasteiger partial charge in [-0.25, -0.2) is 9.59 Å². The predicted molar refractivity (Wildman–Crippen MR) is 93.7 cm³/mol. The molecule has 0 saturated heterocycles. The highest BCUT2D eigenvalue weighted by molar-refractivity contribution is 6.08. The average molecular weight is 328 g/mol. The Morgan fingerprint density at radius 2 is 1.25 bits per heavy atom. The molecule has 0 atom stereocenters. The van der Waals surface area contributed by atoms with Crippen LogP contribution >= 0.6 is 0 Å². The molecule has 0 heterocycles. The number of esters is 2. The van der Waals surface area contributed by atoms with Gasteiger partial charge in [-0.15, -0.1) is 0 Å². The number of carbonyl (C=O) groups excluding carboxylic acids is 2. The van der Waals surface area contributed by atoms with Crippen molar-refractivity contribution in [2.75, 3.05) is 13.2 Å². The standard InChI is InChI=1S/C20H24O4/c1-6-23-18(21)16-12-17(19(22)24-7-2)15-11-9-13(20(3,4)5)8-10-14(15)16/h8-12H,6-7H2,1-5H3. The summed E-state index contributed by atoms with van der Waals surface area (Å²) in [6.45, 7) is 10.4. The van der Waals surface area contributed by atoms with Gasteiger partial charge in [0, 0.05) is 0 Å². The molecule has 4 heteroatoms. The highest BCUT2D eigenvalue weighted by atomic mass is 16.5. The normalized spacial score (nSPS) is 11.4. The maximum Gasteiger partial charge on any atom is 0.338 e. The van der Waals surface area contributed by atoms with E-state index in [-0.39, 0.29) is 18.6 Å². The highest BCUT2D eigenvalue weighted by Crippen LogP contribution is 2.35. The summed E-state index contributed by atoms with van der Waals surface area (Å²) in [5.41, 5.74) is 3.27. The second-order valence-corrected chi connectivity index (χ2v) is 6.61. The molecule has 2 aliphatic carbocycles. The lowest BCUT2D eigenvalue weighted by molar-refractivity contribution is 0.0525. The molecule has 0 aromatic rings. The number of hydrogen-bond acceptors (Lipinski definition) is 4. The third-order valence-corrected chi connectivity index (χ3v) is 3.88. The van der Waals surface area contributed by atoms with E-state index in [2.05, 4.69) is 20.8 Å². The van der Waals surface area contributed by atoms with E-state index in [1.165, 1.54) is 0 Å². The molecule has 2 aliphatic rings. The van der Waals surface area contributed by atoms with Crippen molar-refractivity contribution in [3.8, 4) is 11.1 Å². The molecule has 0 aromatic carbocycles. The molecular weight excluding hydrogens is 304 g/mol. The van der Waals surface area contributed by atoms with Gasteiger partial charge in [-0.05, 0) is 42.0 Å². The zero-order chi connectivity index (χ0) is 17.9. The summed E-state index contributed by atoms with van der Waals surface area (Å²) in [6.07, 6.45) is 0. The number of ether oxygens (including phenoxy) is 2. The zero-order valence-corrected chi connectivity index (χ0v) is 14.9. The third-order valence-electron chi connectivity index (χ3n) is 3.88. The summed E-state index contributed by atoms with van der Waals surface area (Å²) < 4.78 is 10.3. The van der Waals surface area contributed by atoms with Crippen molar-refractivity contribution in [3.05, 3.63) is 47.0 Å². The van der Waals surface area contributed by atoms with E-state index in [9.17, 15) is 9.59 Å².